The van der Waals surface area contributed by atoms with E-state index in [1.807, 2.05) is 23.9 Å². The Morgan fingerprint density at radius 3 is 2.48 bits per heavy atom. The van der Waals surface area contributed by atoms with Crippen LogP contribution in [0, 0.1) is 0 Å². The number of likely N-dealkylation sites (N-methyl/N-ethyl adjacent to an activating group) is 1. The summed E-state index contributed by atoms with van der Waals surface area (Å²) in [5, 5.41) is 11.9. The molecule has 1 aliphatic heterocycles. The van der Waals surface area contributed by atoms with E-state index in [0.29, 0.717) is 0 Å². The van der Waals surface area contributed by atoms with Crippen LogP contribution in [0.25, 0.3) is 0 Å². The Balaban J connectivity index is 2.01. The molecule has 4 nitrogen and oxygen atoms in total. The molecule has 0 amide bonds. The number of hydrogen-bond donors (Lipinski definition) is 1. The molecule has 1 N–H and O–H groups in total. The topological polar surface area (TPSA) is 35.9 Å². The van der Waals surface area contributed by atoms with Gasteiger partial charge in [0.25, 0.3) is 0 Å². The molecule has 0 saturated carbocycles. The van der Waals surface area contributed by atoms with Crippen LogP contribution in [0.3, 0.4) is 0 Å². The van der Waals surface area contributed by atoms with Crippen LogP contribution < -0.4 is 9.64 Å². The first kappa shape index (κ1) is 23.7. The van der Waals surface area contributed by atoms with Gasteiger partial charge in [0.1, 0.15) is 12.0 Å². The number of para-hydroxylation sites is 1. The Kier molecular flexibility index (Phi) is 8.47. The van der Waals surface area contributed by atoms with Gasteiger partial charge in [-0.15, -0.1) is 18.3 Å². The van der Waals surface area contributed by atoms with Crippen molar-refractivity contribution in [2.45, 2.75) is 56.8 Å². The van der Waals surface area contributed by atoms with Gasteiger partial charge < -0.3 is 14.7 Å². The lowest BCUT2D eigenvalue weighted by Crippen LogP contribution is -2.54. The molecule has 0 aliphatic carbocycles. The number of ether oxygens (including phenoxy) is 1. The van der Waals surface area contributed by atoms with Gasteiger partial charge in [0.05, 0.1) is 24.9 Å². The number of benzene rings is 2. The summed E-state index contributed by atoms with van der Waals surface area (Å²) in [6.45, 7) is 12.3. The van der Waals surface area contributed by atoms with Crippen LogP contribution in [0.15, 0.2) is 65.6 Å². The Morgan fingerprint density at radius 1 is 1.19 bits per heavy atom. The van der Waals surface area contributed by atoms with Gasteiger partial charge in [-0.3, -0.25) is 4.90 Å². The van der Waals surface area contributed by atoms with Crippen LogP contribution in [0.4, 0.5) is 5.69 Å². The maximum absolute atomic E-state index is 11.9. The Bertz CT molecular complexity index is 851. The van der Waals surface area contributed by atoms with Crippen molar-refractivity contribution < 1.29 is 9.84 Å². The summed E-state index contributed by atoms with van der Waals surface area (Å²) in [7, 11) is 1.69. The predicted molar refractivity (Wildman–Crippen MR) is 132 cm³/mol. The van der Waals surface area contributed by atoms with Gasteiger partial charge in [-0.2, -0.15) is 0 Å². The van der Waals surface area contributed by atoms with Crippen LogP contribution in [-0.4, -0.2) is 48.2 Å². The minimum atomic E-state index is -0.617. The molecule has 0 bridgehead atoms. The number of rotatable bonds is 10. The highest BCUT2D eigenvalue weighted by Crippen LogP contribution is 2.45. The standard InChI is InChI=1S/C26H36N2O2S/c1-6-27(7-2)23(17-12-19(3)4)26(29)28-22-10-8-9-11-25(22)31-18-24(28)20-13-15-21(30-5)16-14-20/h8-11,13-16,23-24,26,29H,3,6-7,12,17-18H2,1-2,4-5H3. The zero-order chi connectivity index (χ0) is 22.4. The molecule has 0 fully saturated rings. The number of anilines is 1. The first-order valence-corrected chi connectivity index (χ1v) is 12.2. The summed E-state index contributed by atoms with van der Waals surface area (Å²) in [5.41, 5.74) is 3.46. The second-order valence-corrected chi connectivity index (χ2v) is 9.23. The SMILES string of the molecule is C=C(C)CCC(C(O)N1c2ccccc2SCC1c1ccc(OC)cc1)N(CC)CC. The van der Waals surface area contributed by atoms with Crippen LogP contribution in [0.5, 0.6) is 5.75 Å². The van der Waals surface area contributed by atoms with Gasteiger partial charge in [0.15, 0.2) is 0 Å². The molecule has 1 aliphatic rings. The van der Waals surface area contributed by atoms with Crippen molar-refractivity contribution in [3.63, 3.8) is 0 Å². The maximum atomic E-state index is 11.9. The summed E-state index contributed by atoms with van der Waals surface area (Å²) in [6.07, 6.45) is 1.18. The summed E-state index contributed by atoms with van der Waals surface area (Å²) in [4.78, 5) is 5.85. The molecular formula is C26H36N2O2S. The first-order chi connectivity index (χ1) is 15.0. The maximum Gasteiger partial charge on any atom is 0.143 e. The van der Waals surface area contributed by atoms with Gasteiger partial charge in [0.2, 0.25) is 0 Å². The van der Waals surface area contributed by atoms with Crippen molar-refractivity contribution in [3.8, 4) is 5.75 Å². The van der Waals surface area contributed by atoms with E-state index in [1.54, 1.807) is 7.11 Å². The molecule has 3 unspecified atom stereocenters. The summed E-state index contributed by atoms with van der Waals surface area (Å²) < 4.78 is 5.36. The van der Waals surface area contributed by atoms with Crippen LogP contribution in [0.1, 0.15) is 45.2 Å². The molecule has 0 spiro atoms. The van der Waals surface area contributed by atoms with Crippen molar-refractivity contribution in [1.82, 2.24) is 4.90 Å². The van der Waals surface area contributed by atoms with Gasteiger partial charge >= 0.3 is 0 Å². The number of methoxy groups -OCH3 is 1. The Labute approximate surface area is 191 Å². The minimum absolute atomic E-state index is 0.0311. The molecule has 3 rings (SSSR count). The second kappa shape index (κ2) is 11.1. The van der Waals surface area contributed by atoms with Crippen molar-refractivity contribution in [3.05, 3.63) is 66.2 Å². The number of fused-ring (bicyclic) bond motifs is 1. The summed E-state index contributed by atoms with van der Waals surface area (Å²) >= 11 is 1.86. The van der Waals surface area contributed by atoms with Gasteiger partial charge in [-0.05, 0) is 62.7 Å². The number of aliphatic hydroxyl groups excluding tert-OH is 1. The molecule has 5 heteroatoms. The van der Waals surface area contributed by atoms with E-state index >= 15 is 0 Å². The van der Waals surface area contributed by atoms with E-state index in [-0.39, 0.29) is 12.1 Å². The molecule has 3 atom stereocenters. The van der Waals surface area contributed by atoms with Crippen LogP contribution >= 0.6 is 11.8 Å². The summed E-state index contributed by atoms with van der Waals surface area (Å²) in [6, 6.07) is 16.8. The lowest BCUT2D eigenvalue weighted by molar-refractivity contribution is 0.0418. The van der Waals surface area contributed by atoms with Crippen molar-refractivity contribution in [2.24, 2.45) is 0 Å². The van der Waals surface area contributed by atoms with Gasteiger partial charge in [0, 0.05) is 10.6 Å². The van der Waals surface area contributed by atoms with E-state index < -0.39 is 6.23 Å². The minimum Gasteiger partial charge on any atom is -0.497 e. The molecule has 0 aromatic heterocycles. The van der Waals surface area contributed by atoms with Crippen molar-refractivity contribution >= 4 is 17.4 Å². The lowest BCUT2D eigenvalue weighted by atomic mass is 9.99. The molecule has 1 heterocycles. The molecular weight excluding hydrogens is 404 g/mol. The number of hydrogen-bond acceptors (Lipinski definition) is 5. The number of allylic oxidation sites excluding steroid dienone is 1. The van der Waals surface area contributed by atoms with Crippen molar-refractivity contribution in [1.29, 1.82) is 0 Å². The fourth-order valence-corrected chi connectivity index (χ4v) is 5.60. The highest BCUT2D eigenvalue weighted by molar-refractivity contribution is 7.99. The molecule has 168 valence electrons. The van der Waals surface area contributed by atoms with Crippen molar-refractivity contribution in [2.75, 3.05) is 30.9 Å². The Hall–Kier alpha value is -1.95. The van der Waals surface area contributed by atoms with Crippen LogP contribution in [0.2, 0.25) is 0 Å². The fraction of sp³-hybridized carbons (Fsp3) is 0.462. The smallest absolute Gasteiger partial charge is 0.143 e. The van der Waals surface area contributed by atoms with Gasteiger partial charge in [-0.1, -0.05) is 43.7 Å². The summed E-state index contributed by atoms with van der Waals surface area (Å²) in [5.74, 6) is 1.74. The largest absolute Gasteiger partial charge is 0.497 e. The second-order valence-electron chi connectivity index (χ2n) is 8.17. The zero-order valence-corrected chi connectivity index (χ0v) is 20.1. The van der Waals surface area contributed by atoms with Crippen LogP contribution in [-0.2, 0) is 0 Å². The molecule has 2 aromatic rings. The molecule has 31 heavy (non-hydrogen) atoms. The third kappa shape index (κ3) is 5.46. The van der Waals surface area contributed by atoms with E-state index in [2.05, 4.69) is 73.5 Å². The van der Waals surface area contributed by atoms with E-state index in [9.17, 15) is 5.11 Å². The highest BCUT2D eigenvalue weighted by Gasteiger charge is 2.37. The number of aliphatic hydroxyl groups is 1. The molecule has 0 radical (unpaired) electrons. The molecule has 2 aromatic carbocycles. The van der Waals surface area contributed by atoms with E-state index in [1.165, 1.54) is 10.5 Å². The first-order valence-electron chi connectivity index (χ1n) is 11.2. The average molecular weight is 441 g/mol. The Morgan fingerprint density at radius 2 is 1.87 bits per heavy atom. The quantitative estimate of drug-likeness (QED) is 0.477. The fourth-order valence-electron chi connectivity index (χ4n) is 4.41. The third-order valence-corrected chi connectivity index (χ3v) is 7.29. The zero-order valence-electron chi connectivity index (χ0n) is 19.3. The van der Waals surface area contributed by atoms with E-state index in [4.69, 9.17) is 4.74 Å². The predicted octanol–water partition coefficient (Wildman–Crippen LogP) is 5.73. The highest BCUT2D eigenvalue weighted by atomic mass is 32.2. The van der Waals surface area contributed by atoms with E-state index in [0.717, 1.165) is 48.7 Å². The van der Waals surface area contributed by atoms with Gasteiger partial charge in [-0.25, -0.2) is 0 Å². The monoisotopic (exact) mass is 440 g/mol. The number of nitrogens with zero attached hydrogens (tertiary/aromatic N) is 2. The lowest BCUT2D eigenvalue weighted by Gasteiger charge is -2.46. The third-order valence-electron chi connectivity index (χ3n) is 6.15. The molecule has 0 saturated heterocycles. The normalized spacial score (nSPS) is 17.9. The number of thioether (sulfide) groups is 1. The average Bonchev–Trinajstić information content (AvgIpc) is 2.80.